The molecule has 1 rings (SSSR count). The van der Waals surface area contributed by atoms with Gasteiger partial charge in [-0.1, -0.05) is 0 Å². The highest BCUT2D eigenvalue weighted by Crippen LogP contribution is 2.34. The van der Waals surface area contributed by atoms with E-state index in [1.54, 1.807) is 0 Å². The predicted molar refractivity (Wildman–Crippen MR) is 56.3 cm³/mol. The summed E-state index contributed by atoms with van der Waals surface area (Å²) in [6, 6.07) is 0. The summed E-state index contributed by atoms with van der Waals surface area (Å²) in [5.74, 6) is -4.75. The molecule has 0 aliphatic carbocycles. The molecule has 0 spiro atoms. The van der Waals surface area contributed by atoms with E-state index in [0.717, 1.165) is 0 Å². The molecular formula is C9H17NO9. The molecule has 0 bridgehead atoms. The number of aliphatic carboxylic acids is 1. The van der Waals surface area contributed by atoms with E-state index in [1.165, 1.54) is 0 Å². The summed E-state index contributed by atoms with van der Waals surface area (Å²) in [5, 5.41) is 65.3. The molecule has 1 saturated heterocycles. The number of aliphatic hydroxyl groups is 6. The Morgan fingerprint density at radius 2 is 1.95 bits per heavy atom. The van der Waals surface area contributed by atoms with E-state index in [2.05, 4.69) is 4.74 Å². The zero-order valence-corrected chi connectivity index (χ0v) is 9.75. The van der Waals surface area contributed by atoms with Crippen molar-refractivity contribution < 1.29 is 45.3 Å². The largest absolute Gasteiger partial charge is 0.477 e. The maximum Gasteiger partial charge on any atom is 0.364 e. The Hall–Kier alpha value is -0.850. The van der Waals surface area contributed by atoms with Gasteiger partial charge >= 0.3 is 5.97 Å². The Kier molecular flexibility index (Phi) is 4.49. The minimum atomic E-state index is -2.88. The number of carbonyl (C=O) groups is 1. The van der Waals surface area contributed by atoms with Crippen LogP contribution in [0.3, 0.4) is 0 Å². The molecule has 1 aliphatic heterocycles. The van der Waals surface area contributed by atoms with Crippen molar-refractivity contribution in [3.8, 4) is 0 Å². The van der Waals surface area contributed by atoms with Crippen LogP contribution in [0.25, 0.3) is 0 Å². The second-order valence-electron chi connectivity index (χ2n) is 4.48. The molecule has 0 aromatic carbocycles. The average molecular weight is 283 g/mol. The van der Waals surface area contributed by atoms with Gasteiger partial charge in [0.1, 0.15) is 24.4 Å². The van der Waals surface area contributed by atoms with E-state index in [9.17, 15) is 30.3 Å². The molecule has 0 aromatic rings. The van der Waals surface area contributed by atoms with Crippen LogP contribution in [0.5, 0.6) is 0 Å². The van der Waals surface area contributed by atoms with Crippen LogP contribution in [0.15, 0.2) is 0 Å². The van der Waals surface area contributed by atoms with Crippen LogP contribution in [0.1, 0.15) is 6.42 Å². The molecule has 112 valence electrons. The lowest BCUT2D eigenvalue weighted by atomic mass is 9.86. The van der Waals surface area contributed by atoms with Crippen molar-refractivity contribution in [1.82, 2.24) is 0 Å². The molecule has 1 heterocycles. The minimum absolute atomic E-state index is 0.932. The molecule has 0 amide bonds. The molecule has 1 aliphatic rings. The van der Waals surface area contributed by atoms with E-state index >= 15 is 0 Å². The highest BCUT2D eigenvalue weighted by Gasteiger charge is 2.59. The van der Waals surface area contributed by atoms with Gasteiger partial charge in [-0.2, -0.15) is 0 Å². The lowest BCUT2D eigenvalue weighted by Gasteiger charge is -2.47. The second-order valence-corrected chi connectivity index (χ2v) is 4.48. The van der Waals surface area contributed by atoms with Crippen molar-refractivity contribution in [2.75, 3.05) is 6.61 Å². The molecule has 10 nitrogen and oxygen atoms in total. The third-order valence-electron chi connectivity index (χ3n) is 3.01. The number of aliphatic hydroxyl groups excluding tert-OH is 4. The lowest BCUT2D eigenvalue weighted by molar-refractivity contribution is -0.339. The van der Waals surface area contributed by atoms with Gasteiger partial charge in [0.25, 0.3) is 5.79 Å². The first-order valence-corrected chi connectivity index (χ1v) is 5.36. The van der Waals surface area contributed by atoms with Gasteiger partial charge in [-0.3, -0.25) is 5.73 Å². The van der Waals surface area contributed by atoms with E-state index in [4.69, 9.17) is 15.9 Å². The highest BCUT2D eigenvalue weighted by atomic mass is 16.7. The molecule has 6 atom stereocenters. The zero-order valence-electron chi connectivity index (χ0n) is 9.75. The summed E-state index contributed by atoms with van der Waals surface area (Å²) >= 11 is 0. The van der Waals surface area contributed by atoms with Crippen molar-refractivity contribution in [3.05, 3.63) is 0 Å². The van der Waals surface area contributed by atoms with Gasteiger partial charge in [0, 0.05) is 6.42 Å². The number of carboxylic acid groups (broad SMARTS) is 1. The number of ether oxygens (including phenoxy) is 1. The van der Waals surface area contributed by atoms with Crippen LogP contribution in [0.2, 0.25) is 0 Å². The summed E-state index contributed by atoms with van der Waals surface area (Å²) in [6.07, 6.45) is -8.75. The zero-order chi connectivity index (χ0) is 15.0. The van der Waals surface area contributed by atoms with Gasteiger partial charge in [0.2, 0.25) is 0 Å². The molecule has 19 heavy (non-hydrogen) atoms. The number of nitrogens with two attached hydrogens (primary N) is 1. The van der Waals surface area contributed by atoms with Crippen LogP contribution in [0, 0.1) is 0 Å². The number of hydrogen-bond acceptors (Lipinski definition) is 9. The average Bonchev–Trinajstić information content (AvgIpc) is 2.32. The van der Waals surface area contributed by atoms with E-state index in [0.29, 0.717) is 0 Å². The topological polar surface area (TPSA) is 194 Å². The minimum Gasteiger partial charge on any atom is -0.477 e. The first-order chi connectivity index (χ1) is 8.56. The van der Waals surface area contributed by atoms with Crippen molar-refractivity contribution in [2.24, 2.45) is 5.73 Å². The Morgan fingerprint density at radius 1 is 1.42 bits per heavy atom. The van der Waals surface area contributed by atoms with Gasteiger partial charge in [-0.05, 0) is 0 Å². The smallest absolute Gasteiger partial charge is 0.364 e. The van der Waals surface area contributed by atoms with Crippen molar-refractivity contribution >= 4 is 5.97 Å². The van der Waals surface area contributed by atoms with Gasteiger partial charge < -0.3 is 40.5 Å². The molecule has 1 unspecified atom stereocenters. The normalized spacial score (nSPS) is 42.7. The summed E-state index contributed by atoms with van der Waals surface area (Å²) in [6.45, 7) is -0.932. The van der Waals surface area contributed by atoms with Crippen molar-refractivity contribution in [1.29, 1.82) is 0 Å². The summed E-state index contributed by atoms with van der Waals surface area (Å²) in [5.41, 5.74) is 2.69. The highest BCUT2D eigenvalue weighted by molar-refractivity contribution is 5.75. The second kappa shape index (κ2) is 5.26. The lowest BCUT2D eigenvalue weighted by Crippen LogP contribution is -2.73. The number of hydrogen-bond donors (Lipinski definition) is 8. The molecule has 0 radical (unpaired) electrons. The third kappa shape index (κ3) is 2.85. The molecule has 9 N–H and O–H groups in total. The SMILES string of the molecule is N[C@]1(O)[C@@H](O)CC(O)(C(=O)O)O[C@H]1[C@H](O)[C@H](O)CO. The third-order valence-corrected chi connectivity index (χ3v) is 3.01. The summed E-state index contributed by atoms with van der Waals surface area (Å²) in [7, 11) is 0. The van der Waals surface area contributed by atoms with Gasteiger partial charge in [0.05, 0.1) is 6.61 Å². The maximum atomic E-state index is 10.8. The van der Waals surface area contributed by atoms with E-state index in [-0.39, 0.29) is 0 Å². The van der Waals surface area contributed by atoms with Crippen LogP contribution < -0.4 is 5.73 Å². The number of rotatable bonds is 4. The standard InChI is InChI=1S/C9H17NO9/c10-9(18)4(13)1-8(17,7(15)16)19-6(9)5(14)3(12)2-11/h3-6,11-14,17-18H,1-2,10H2,(H,15,16)/t3-,4+,5-,6+,8?,9+/m1/s1. The quantitative estimate of drug-likeness (QED) is 0.232. The molecular weight excluding hydrogens is 266 g/mol. The number of carboxylic acids is 1. The van der Waals surface area contributed by atoms with Crippen LogP contribution in [-0.2, 0) is 9.53 Å². The molecule has 10 heteroatoms. The monoisotopic (exact) mass is 283 g/mol. The van der Waals surface area contributed by atoms with Crippen LogP contribution in [-0.4, -0.2) is 84.2 Å². The van der Waals surface area contributed by atoms with Gasteiger partial charge in [-0.15, -0.1) is 0 Å². The Balaban J connectivity index is 3.07. The van der Waals surface area contributed by atoms with E-state index < -0.39 is 54.9 Å². The van der Waals surface area contributed by atoms with E-state index in [1.807, 2.05) is 0 Å². The molecule has 0 saturated carbocycles. The van der Waals surface area contributed by atoms with Gasteiger partial charge in [0.15, 0.2) is 5.72 Å². The fraction of sp³-hybridized carbons (Fsp3) is 0.889. The summed E-state index contributed by atoms with van der Waals surface area (Å²) in [4.78, 5) is 10.8. The fourth-order valence-corrected chi connectivity index (χ4v) is 1.76. The van der Waals surface area contributed by atoms with Gasteiger partial charge in [-0.25, -0.2) is 4.79 Å². The Bertz CT molecular complexity index is 349. The molecule has 1 fully saturated rings. The van der Waals surface area contributed by atoms with Crippen LogP contribution in [0.4, 0.5) is 0 Å². The van der Waals surface area contributed by atoms with Crippen molar-refractivity contribution in [3.63, 3.8) is 0 Å². The maximum absolute atomic E-state index is 10.8. The Morgan fingerprint density at radius 3 is 2.37 bits per heavy atom. The first kappa shape index (κ1) is 16.2. The first-order valence-electron chi connectivity index (χ1n) is 5.36. The Labute approximate surface area is 107 Å². The van der Waals surface area contributed by atoms with Crippen molar-refractivity contribution in [2.45, 2.75) is 42.3 Å². The van der Waals surface area contributed by atoms with Crippen LogP contribution >= 0.6 is 0 Å². The predicted octanol–water partition coefficient (Wildman–Crippen LogP) is -4.73. The summed E-state index contributed by atoms with van der Waals surface area (Å²) < 4.78 is 4.61. The fourth-order valence-electron chi connectivity index (χ4n) is 1.76. The molecule has 0 aromatic heterocycles.